The Morgan fingerprint density at radius 1 is 1.14 bits per heavy atom. The van der Waals surface area contributed by atoms with Crippen LogP contribution in [0.15, 0.2) is 42.5 Å². The summed E-state index contributed by atoms with van der Waals surface area (Å²) in [7, 11) is -1.64. The van der Waals surface area contributed by atoms with Gasteiger partial charge in [-0.15, -0.1) is 0 Å². The third-order valence-corrected chi connectivity index (χ3v) is 10.5. The first-order valence-electron chi connectivity index (χ1n) is 11.0. The van der Waals surface area contributed by atoms with Gasteiger partial charge in [0.25, 0.3) is 0 Å². The Balaban J connectivity index is 1.62. The number of ether oxygens (including phenoxy) is 2. The second-order valence-corrected chi connectivity index (χ2v) is 14.4. The second kappa shape index (κ2) is 11.4. The van der Waals surface area contributed by atoms with Gasteiger partial charge in [0.2, 0.25) is 0 Å². The van der Waals surface area contributed by atoms with Gasteiger partial charge >= 0.3 is 0 Å². The molecule has 29 heavy (non-hydrogen) atoms. The molecule has 1 aliphatic heterocycles. The molecule has 0 bridgehead atoms. The van der Waals surface area contributed by atoms with Crippen LogP contribution in [-0.2, 0) is 20.5 Å². The van der Waals surface area contributed by atoms with E-state index in [-0.39, 0.29) is 17.2 Å². The van der Waals surface area contributed by atoms with Crippen molar-refractivity contribution in [2.24, 2.45) is 0 Å². The molecule has 5 heteroatoms. The number of aliphatic hydroxyl groups excluding tert-OH is 1. The van der Waals surface area contributed by atoms with E-state index >= 15 is 0 Å². The molecule has 4 nitrogen and oxygen atoms in total. The lowest BCUT2D eigenvalue weighted by atomic mass is 10.1. The summed E-state index contributed by atoms with van der Waals surface area (Å²) in [6, 6.07) is 10.1. The van der Waals surface area contributed by atoms with Gasteiger partial charge in [0.05, 0.1) is 19.3 Å². The molecule has 3 atom stereocenters. The Morgan fingerprint density at radius 3 is 2.45 bits per heavy atom. The number of benzene rings is 1. The van der Waals surface area contributed by atoms with Crippen molar-refractivity contribution in [3.8, 4) is 0 Å². The lowest BCUT2D eigenvalue weighted by Gasteiger charge is -2.36. The van der Waals surface area contributed by atoms with Crippen molar-refractivity contribution in [1.82, 2.24) is 0 Å². The first kappa shape index (κ1) is 24.3. The summed E-state index contributed by atoms with van der Waals surface area (Å²) in [5, 5.41) is 10.5. The molecule has 1 saturated heterocycles. The van der Waals surface area contributed by atoms with Crippen molar-refractivity contribution in [1.29, 1.82) is 0 Å². The highest BCUT2D eigenvalue weighted by atomic mass is 28.4. The average Bonchev–Trinajstić information content (AvgIpc) is 3.49. The maximum absolute atomic E-state index is 10.3. The summed E-state index contributed by atoms with van der Waals surface area (Å²) in [4.78, 5) is 0. The van der Waals surface area contributed by atoms with Crippen molar-refractivity contribution in [3.63, 3.8) is 0 Å². The maximum Gasteiger partial charge on any atom is 0.191 e. The molecule has 1 aromatic rings. The molecule has 1 N–H and O–H groups in total. The highest BCUT2D eigenvalue weighted by molar-refractivity contribution is 6.74. The smallest absolute Gasteiger partial charge is 0.191 e. The molecular weight excluding hydrogens is 380 g/mol. The van der Waals surface area contributed by atoms with Gasteiger partial charge in [-0.3, -0.25) is 0 Å². The predicted octanol–water partition coefficient (Wildman–Crippen LogP) is 5.47. The van der Waals surface area contributed by atoms with Crippen LogP contribution in [0.25, 0.3) is 0 Å². The van der Waals surface area contributed by atoms with Crippen LogP contribution in [0, 0.1) is 0 Å². The number of hydrogen-bond acceptors (Lipinski definition) is 4. The topological polar surface area (TPSA) is 51.2 Å². The first-order valence-corrected chi connectivity index (χ1v) is 13.9. The molecule has 0 radical (unpaired) electrons. The minimum absolute atomic E-state index is 0.0946. The fourth-order valence-corrected chi connectivity index (χ4v) is 3.90. The number of hydrogen-bond donors (Lipinski definition) is 1. The van der Waals surface area contributed by atoms with E-state index in [1.165, 1.54) is 0 Å². The Hall–Kier alpha value is -0.983. The van der Waals surface area contributed by atoms with E-state index in [9.17, 15) is 5.11 Å². The molecule has 2 rings (SSSR count). The summed E-state index contributed by atoms with van der Waals surface area (Å²) in [6.45, 7) is 13.5. The third kappa shape index (κ3) is 9.14. The van der Waals surface area contributed by atoms with Crippen LogP contribution < -0.4 is 0 Å². The highest BCUT2D eigenvalue weighted by Gasteiger charge is 2.36. The molecule has 0 aliphatic carbocycles. The normalized spacial score (nSPS) is 19.4. The molecule has 1 fully saturated rings. The summed E-state index contributed by atoms with van der Waals surface area (Å²) < 4.78 is 17.6. The van der Waals surface area contributed by atoms with E-state index in [0.717, 1.165) is 44.5 Å². The molecule has 1 aromatic carbocycles. The number of unbranched alkanes of at least 4 members (excludes halogenated alkanes) is 2. The minimum Gasteiger partial charge on any atom is -0.417 e. The van der Waals surface area contributed by atoms with Crippen molar-refractivity contribution in [2.45, 2.75) is 89.5 Å². The van der Waals surface area contributed by atoms with Gasteiger partial charge in [0, 0.05) is 6.61 Å². The molecule has 0 unspecified atom stereocenters. The third-order valence-electron chi connectivity index (χ3n) is 5.95. The minimum atomic E-state index is -1.64. The zero-order valence-electron chi connectivity index (χ0n) is 18.9. The van der Waals surface area contributed by atoms with Crippen LogP contribution in [0.4, 0.5) is 0 Å². The predicted molar refractivity (Wildman–Crippen MR) is 122 cm³/mol. The monoisotopic (exact) mass is 420 g/mol. The maximum atomic E-state index is 10.3. The molecule has 0 amide bonds. The van der Waals surface area contributed by atoms with Crippen molar-refractivity contribution in [2.75, 3.05) is 13.2 Å². The van der Waals surface area contributed by atoms with Crippen molar-refractivity contribution >= 4 is 8.32 Å². The molecule has 0 saturated carbocycles. The Bertz CT molecular complexity index is 605. The molecule has 1 aliphatic rings. The van der Waals surface area contributed by atoms with Crippen LogP contribution >= 0.6 is 0 Å². The Morgan fingerprint density at radius 2 is 1.83 bits per heavy atom. The summed E-state index contributed by atoms with van der Waals surface area (Å²) in [6.07, 6.45) is 7.33. The standard InChI is InChI=1S/C24H40O4Si/c1-24(2,3)29(4,5)28-17-11-7-10-14-21(25)15-16-22(23-19-27-23)26-18-20-12-8-6-9-13-20/h6,8-9,12-13,15-16,21-23,25H,7,10-11,14,17-19H2,1-5H3/b16-15+/t21-,22-,23+/m1/s1. The highest BCUT2D eigenvalue weighted by Crippen LogP contribution is 2.36. The first-order chi connectivity index (χ1) is 13.7. The van der Waals surface area contributed by atoms with E-state index in [1.54, 1.807) is 0 Å². The van der Waals surface area contributed by atoms with E-state index < -0.39 is 14.4 Å². The van der Waals surface area contributed by atoms with E-state index in [4.69, 9.17) is 13.9 Å². The summed E-state index contributed by atoms with van der Waals surface area (Å²) >= 11 is 0. The SMILES string of the molecule is CC(C)(C)[Si](C)(C)OCCCCC[C@@H](O)/C=C/[C@@H](OCc1ccccc1)[C@@H]1CO1. The fourth-order valence-electron chi connectivity index (χ4n) is 2.81. The zero-order chi connectivity index (χ0) is 21.3. The van der Waals surface area contributed by atoms with Gasteiger partial charge in [0.15, 0.2) is 8.32 Å². The van der Waals surface area contributed by atoms with Gasteiger partial charge in [0.1, 0.15) is 12.2 Å². The van der Waals surface area contributed by atoms with Gasteiger partial charge in [-0.1, -0.05) is 76.1 Å². The van der Waals surface area contributed by atoms with Crippen molar-refractivity contribution < 1.29 is 19.0 Å². The largest absolute Gasteiger partial charge is 0.417 e. The quantitative estimate of drug-likeness (QED) is 0.199. The zero-order valence-corrected chi connectivity index (χ0v) is 19.9. The molecular formula is C24H40O4Si. The van der Waals surface area contributed by atoms with Gasteiger partial charge < -0.3 is 19.0 Å². The average molecular weight is 421 g/mol. The van der Waals surface area contributed by atoms with Crippen LogP contribution in [0.2, 0.25) is 18.1 Å². The van der Waals surface area contributed by atoms with Gasteiger partial charge in [-0.05, 0) is 36.5 Å². The van der Waals surface area contributed by atoms with E-state index in [2.05, 4.69) is 46.0 Å². The number of aliphatic hydroxyl groups is 1. The summed E-state index contributed by atoms with van der Waals surface area (Å²) in [5.41, 5.74) is 1.15. The molecule has 0 spiro atoms. The molecule has 1 heterocycles. The lowest BCUT2D eigenvalue weighted by molar-refractivity contribution is 0.0516. The molecule has 164 valence electrons. The van der Waals surface area contributed by atoms with E-state index in [1.807, 2.05) is 30.4 Å². The van der Waals surface area contributed by atoms with Crippen LogP contribution in [0.3, 0.4) is 0 Å². The van der Waals surface area contributed by atoms with Crippen molar-refractivity contribution in [3.05, 3.63) is 48.0 Å². The van der Waals surface area contributed by atoms with Gasteiger partial charge in [-0.25, -0.2) is 0 Å². The molecule has 0 aromatic heterocycles. The fraction of sp³-hybridized carbons (Fsp3) is 0.667. The summed E-state index contributed by atoms with van der Waals surface area (Å²) in [5.74, 6) is 0. The lowest BCUT2D eigenvalue weighted by Crippen LogP contribution is -2.40. The van der Waals surface area contributed by atoms with Crippen LogP contribution in [-0.4, -0.2) is 44.9 Å². The Labute approximate surface area is 178 Å². The second-order valence-electron chi connectivity index (χ2n) is 9.54. The Kier molecular flexibility index (Phi) is 9.56. The van der Waals surface area contributed by atoms with Gasteiger partial charge in [-0.2, -0.15) is 0 Å². The van der Waals surface area contributed by atoms with Crippen LogP contribution in [0.5, 0.6) is 0 Å². The van der Waals surface area contributed by atoms with Crippen LogP contribution in [0.1, 0.15) is 52.0 Å². The number of rotatable bonds is 13. The number of epoxide rings is 1. The van der Waals surface area contributed by atoms with E-state index in [0.29, 0.717) is 6.61 Å².